The first-order chi connectivity index (χ1) is 17.5. The van der Waals surface area contributed by atoms with Crippen molar-refractivity contribution in [2.24, 2.45) is 0 Å². The standard InChI is InChI=1S/C30H56N2O6/c1-11-17-35-31-27(3,4)19-23(20-28(31,5)6)37-25(33)15-13-14-16-26(34)38-24-21-29(7,8)32(36-18-12-2)30(9,10)22-24/h23-24H,11-22H2,1-10H3. The lowest BCUT2D eigenvalue weighted by atomic mass is 9.80. The van der Waals surface area contributed by atoms with E-state index in [0.717, 1.165) is 38.5 Å². The van der Waals surface area contributed by atoms with E-state index in [-0.39, 0.29) is 46.3 Å². The lowest BCUT2D eigenvalue weighted by molar-refractivity contribution is -0.293. The number of esters is 2. The van der Waals surface area contributed by atoms with E-state index in [1.165, 1.54) is 0 Å². The second-order valence-electron chi connectivity index (χ2n) is 13.8. The Morgan fingerprint density at radius 1 is 0.605 bits per heavy atom. The maximum absolute atomic E-state index is 12.6. The molecule has 0 spiro atoms. The van der Waals surface area contributed by atoms with Crippen molar-refractivity contribution in [3.8, 4) is 0 Å². The molecule has 0 atom stereocenters. The van der Waals surface area contributed by atoms with E-state index >= 15 is 0 Å². The number of hydrogen-bond acceptors (Lipinski definition) is 8. The monoisotopic (exact) mass is 540 g/mol. The van der Waals surface area contributed by atoms with Crippen LogP contribution in [0, 0.1) is 0 Å². The molecule has 0 aromatic heterocycles. The number of hydroxylamine groups is 4. The molecule has 0 unspecified atom stereocenters. The average molecular weight is 541 g/mol. The molecule has 2 rings (SSSR count). The third-order valence-corrected chi connectivity index (χ3v) is 7.57. The molecule has 222 valence electrons. The van der Waals surface area contributed by atoms with E-state index in [1.54, 1.807) is 0 Å². The third-order valence-electron chi connectivity index (χ3n) is 7.57. The van der Waals surface area contributed by atoms with Crippen LogP contribution in [0.2, 0.25) is 0 Å². The summed E-state index contributed by atoms with van der Waals surface area (Å²) in [6, 6.07) is 0. The molecule has 2 aliphatic heterocycles. The number of carbonyl (C=O) groups is 2. The Balaban J connectivity index is 1.75. The Morgan fingerprint density at radius 3 is 1.16 bits per heavy atom. The van der Waals surface area contributed by atoms with Crippen molar-refractivity contribution in [1.82, 2.24) is 10.1 Å². The lowest BCUT2D eigenvalue weighted by Crippen LogP contribution is -2.62. The normalized spacial score (nSPS) is 23.7. The second kappa shape index (κ2) is 13.4. The van der Waals surface area contributed by atoms with E-state index in [9.17, 15) is 9.59 Å². The zero-order valence-electron chi connectivity index (χ0n) is 26.0. The van der Waals surface area contributed by atoms with Crippen LogP contribution in [0.15, 0.2) is 0 Å². The molecular weight excluding hydrogens is 484 g/mol. The zero-order valence-corrected chi connectivity index (χ0v) is 26.0. The fraction of sp³-hybridized carbons (Fsp3) is 0.933. The number of ether oxygens (including phenoxy) is 2. The molecule has 8 nitrogen and oxygen atoms in total. The number of unbranched alkanes of at least 4 members (excludes halogenated alkanes) is 1. The summed E-state index contributed by atoms with van der Waals surface area (Å²) in [5, 5.41) is 4.17. The first-order valence-electron chi connectivity index (χ1n) is 14.8. The highest BCUT2D eigenvalue weighted by atomic mass is 16.7. The summed E-state index contributed by atoms with van der Waals surface area (Å²) >= 11 is 0. The molecule has 2 fully saturated rings. The molecule has 0 amide bonds. The summed E-state index contributed by atoms with van der Waals surface area (Å²) in [6.07, 6.45) is 6.40. The molecule has 0 bridgehead atoms. The van der Waals surface area contributed by atoms with Crippen LogP contribution in [-0.2, 0) is 28.7 Å². The Kier molecular flexibility index (Phi) is 11.7. The highest BCUT2D eigenvalue weighted by Gasteiger charge is 2.49. The fourth-order valence-electron chi connectivity index (χ4n) is 6.60. The largest absolute Gasteiger partial charge is 0.462 e. The van der Waals surface area contributed by atoms with E-state index in [4.69, 9.17) is 19.1 Å². The number of nitrogens with zero attached hydrogens (tertiary/aromatic N) is 2. The molecule has 2 saturated heterocycles. The maximum atomic E-state index is 12.6. The van der Waals surface area contributed by atoms with Crippen molar-refractivity contribution in [3.63, 3.8) is 0 Å². The molecule has 8 heteroatoms. The Hall–Kier alpha value is -1.22. The Bertz CT molecular complexity index is 679. The fourth-order valence-corrected chi connectivity index (χ4v) is 6.60. The van der Waals surface area contributed by atoms with Gasteiger partial charge in [-0.1, -0.05) is 13.8 Å². The maximum Gasteiger partial charge on any atom is 0.306 e. The molecule has 0 aromatic rings. The van der Waals surface area contributed by atoms with Crippen LogP contribution in [-0.4, -0.2) is 69.6 Å². The summed E-state index contributed by atoms with van der Waals surface area (Å²) in [7, 11) is 0. The van der Waals surface area contributed by atoms with Gasteiger partial charge in [0.15, 0.2) is 0 Å². The van der Waals surface area contributed by atoms with Crippen molar-refractivity contribution in [3.05, 3.63) is 0 Å². The predicted octanol–water partition coefficient (Wildman–Crippen LogP) is 6.36. The summed E-state index contributed by atoms with van der Waals surface area (Å²) in [6.45, 7) is 22.7. The van der Waals surface area contributed by atoms with Gasteiger partial charge in [0.1, 0.15) is 12.2 Å². The molecular formula is C30H56N2O6. The summed E-state index contributed by atoms with van der Waals surface area (Å²) < 4.78 is 11.7. The van der Waals surface area contributed by atoms with Crippen LogP contribution in [0.25, 0.3) is 0 Å². The van der Waals surface area contributed by atoms with Gasteiger partial charge in [-0.25, -0.2) is 0 Å². The van der Waals surface area contributed by atoms with Gasteiger partial charge in [-0.05, 0) is 81.1 Å². The lowest BCUT2D eigenvalue weighted by Gasteiger charge is -2.53. The van der Waals surface area contributed by atoms with Crippen molar-refractivity contribution in [2.45, 2.75) is 168 Å². The van der Waals surface area contributed by atoms with Crippen LogP contribution in [0.5, 0.6) is 0 Å². The van der Waals surface area contributed by atoms with Crippen molar-refractivity contribution in [2.75, 3.05) is 13.2 Å². The summed E-state index contributed by atoms with van der Waals surface area (Å²) in [5.41, 5.74) is -0.917. The van der Waals surface area contributed by atoms with Gasteiger partial charge >= 0.3 is 11.9 Å². The van der Waals surface area contributed by atoms with Crippen LogP contribution < -0.4 is 0 Å². The predicted molar refractivity (Wildman–Crippen MR) is 149 cm³/mol. The summed E-state index contributed by atoms with van der Waals surface area (Å²) in [4.78, 5) is 37.3. The molecule has 0 N–H and O–H groups in total. The Morgan fingerprint density at radius 2 is 0.895 bits per heavy atom. The van der Waals surface area contributed by atoms with E-state index in [1.807, 2.05) is 0 Å². The van der Waals surface area contributed by atoms with Gasteiger partial charge in [0, 0.05) is 60.7 Å². The van der Waals surface area contributed by atoms with Crippen molar-refractivity contribution in [1.29, 1.82) is 0 Å². The molecule has 2 aliphatic rings. The van der Waals surface area contributed by atoms with Crippen molar-refractivity contribution >= 4 is 11.9 Å². The SMILES string of the molecule is CCCON1C(C)(C)CC(OC(=O)CCCCC(=O)OC2CC(C)(C)N(OCCC)C(C)(C)C2)CC1(C)C. The highest BCUT2D eigenvalue weighted by Crippen LogP contribution is 2.41. The quantitative estimate of drug-likeness (QED) is 0.197. The van der Waals surface area contributed by atoms with E-state index in [2.05, 4.69) is 79.4 Å². The van der Waals surface area contributed by atoms with Gasteiger partial charge in [-0.3, -0.25) is 19.3 Å². The zero-order chi connectivity index (χ0) is 28.8. The smallest absolute Gasteiger partial charge is 0.306 e. The highest BCUT2D eigenvalue weighted by molar-refractivity contribution is 5.71. The van der Waals surface area contributed by atoms with Gasteiger partial charge in [0.05, 0.1) is 13.2 Å². The van der Waals surface area contributed by atoms with Gasteiger partial charge in [-0.15, -0.1) is 0 Å². The molecule has 38 heavy (non-hydrogen) atoms. The number of piperidine rings is 2. The van der Waals surface area contributed by atoms with Crippen LogP contribution >= 0.6 is 0 Å². The van der Waals surface area contributed by atoms with Gasteiger partial charge in [0.2, 0.25) is 0 Å². The van der Waals surface area contributed by atoms with E-state index < -0.39 is 0 Å². The second-order valence-corrected chi connectivity index (χ2v) is 13.8. The topological polar surface area (TPSA) is 77.5 Å². The van der Waals surface area contributed by atoms with Crippen LogP contribution in [0.3, 0.4) is 0 Å². The minimum absolute atomic E-state index is 0.141. The molecule has 0 aliphatic carbocycles. The Labute approximate surface area is 232 Å². The van der Waals surface area contributed by atoms with Gasteiger partial charge in [-0.2, -0.15) is 10.1 Å². The number of hydrogen-bond donors (Lipinski definition) is 0. The first kappa shape index (κ1) is 33.0. The van der Waals surface area contributed by atoms with Crippen LogP contribution in [0.1, 0.15) is 133 Å². The average Bonchev–Trinajstić information content (AvgIpc) is 2.73. The minimum atomic E-state index is -0.229. The van der Waals surface area contributed by atoms with Gasteiger partial charge < -0.3 is 9.47 Å². The van der Waals surface area contributed by atoms with Crippen molar-refractivity contribution < 1.29 is 28.7 Å². The first-order valence-corrected chi connectivity index (χ1v) is 14.8. The van der Waals surface area contributed by atoms with E-state index in [0.29, 0.717) is 38.9 Å². The number of carbonyl (C=O) groups excluding carboxylic acids is 2. The molecule has 0 radical (unpaired) electrons. The van der Waals surface area contributed by atoms with Crippen LogP contribution in [0.4, 0.5) is 0 Å². The minimum Gasteiger partial charge on any atom is -0.462 e. The molecule has 2 heterocycles. The third kappa shape index (κ3) is 9.17. The number of rotatable bonds is 13. The molecule has 0 saturated carbocycles. The summed E-state index contributed by atoms with van der Waals surface area (Å²) in [5.74, 6) is -0.387. The van der Waals surface area contributed by atoms with Gasteiger partial charge in [0.25, 0.3) is 0 Å². The molecule has 0 aromatic carbocycles.